The fraction of sp³-hybridized carbons (Fsp3) is 0.250. The lowest BCUT2D eigenvalue weighted by Crippen LogP contribution is -2.05. The Morgan fingerprint density at radius 3 is 3.27 bits per heavy atom. The third kappa shape index (κ3) is 0.981. The molecule has 1 aromatic rings. The van der Waals surface area contributed by atoms with E-state index in [1.807, 2.05) is 6.07 Å². The van der Waals surface area contributed by atoms with Crippen LogP contribution in [0.3, 0.4) is 0 Å². The molecule has 0 saturated heterocycles. The SMILES string of the molecule is C/N=C1\Cc2cccnc2N1. The molecule has 56 valence electrons. The zero-order valence-corrected chi connectivity index (χ0v) is 6.33. The molecule has 0 aliphatic carbocycles. The molecule has 0 aromatic carbocycles. The van der Waals surface area contributed by atoms with Gasteiger partial charge in [-0.05, 0) is 6.07 Å². The smallest absolute Gasteiger partial charge is 0.134 e. The molecule has 0 atom stereocenters. The van der Waals surface area contributed by atoms with Gasteiger partial charge >= 0.3 is 0 Å². The zero-order valence-electron chi connectivity index (χ0n) is 6.33. The number of fused-ring (bicyclic) bond motifs is 1. The lowest BCUT2D eigenvalue weighted by molar-refractivity contribution is 1.28. The van der Waals surface area contributed by atoms with Gasteiger partial charge in [0.15, 0.2) is 0 Å². The fourth-order valence-corrected chi connectivity index (χ4v) is 1.19. The van der Waals surface area contributed by atoms with Crippen molar-refractivity contribution in [2.75, 3.05) is 12.4 Å². The van der Waals surface area contributed by atoms with E-state index in [2.05, 4.69) is 21.4 Å². The average molecular weight is 147 g/mol. The van der Waals surface area contributed by atoms with Crippen LogP contribution in [0.25, 0.3) is 0 Å². The molecule has 0 radical (unpaired) electrons. The number of hydrogen-bond donors (Lipinski definition) is 1. The van der Waals surface area contributed by atoms with E-state index >= 15 is 0 Å². The van der Waals surface area contributed by atoms with E-state index < -0.39 is 0 Å². The zero-order chi connectivity index (χ0) is 7.68. The van der Waals surface area contributed by atoms with Crippen LogP contribution in [0.1, 0.15) is 5.56 Å². The molecule has 0 unspecified atom stereocenters. The number of aromatic nitrogens is 1. The van der Waals surface area contributed by atoms with Crippen molar-refractivity contribution in [3.63, 3.8) is 0 Å². The molecule has 0 amide bonds. The lowest BCUT2D eigenvalue weighted by atomic mass is 10.2. The maximum atomic E-state index is 4.17. The van der Waals surface area contributed by atoms with E-state index in [1.54, 1.807) is 13.2 Å². The predicted molar refractivity (Wildman–Crippen MR) is 44.9 cm³/mol. The quantitative estimate of drug-likeness (QED) is 0.596. The van der Waals surface area contributed by atoms with Crippen molar-refractivity contribution in [2.24, 2.45) is 4.99 Å². The molecular weight excluding hydrogens is 138 g/mol. The van der Waals surface area contributed by atoms with E-state index in [-0.39, 0.29) is 0 Å². The summed E-state index contributed by atoms with van der Waals surface area (Å²) in [7, 11) is 1.79. The Kier molecular flexibility index (Phi) is 1.35. The second kappa shape index (κ2) is 2.34. The highest BCUT2D eigenvalue weighted by Gasteiger charge is 2.14. The Bertz CT molecular complexity index is 277. The summed E-state index contributed by atoms with van der Waals surface area (Å²) < 4.78 is 0. The van der Waals surface area contributed by atoms with Crippen LogP contribution in [0, 0.1) is 0 Å². The van der Waals surface area contributed by atoms with Crippen LogP contribution in [-0.2, 0) is 6.42 Å². The first-order valence-corrected chi connectivity index (χ1v) is 3.57. The molecule has 0 saturated carbocycles. The molecule has 0 bridgehead atoms. The van der Waals surface area contributed by atoms with Gasteiger partial charge in [-0.2, -0.15) is 0 Å². The number of aliphatic imine (C=N–C) groups is 1. The van der Waals surface area contributed by atoms with E-state index in [0.717, 1.165) is 18.1 Å². The van der Waals surface area contributed by atoms with E-state index in [0.29, 0.717) is 0 Å². The van der Waals surface area contributed by atoms with Gasteiger partial charge in [-0.1, -0.05) is 6.07 Å². The molecule has 1 aliphatic heterocycles. The second-order valence-electron chi connectivity index (χ2n) is 2.48. The summed E-state index contributed by atoms with van der Waals surface area (Å²) in [6.07, 6.45) is 2.67. The average Bonchev–Trinajstić information content (AvgIpc) is 2.46. The van der Waals surface area contributed by atoms with Gasteiger partial charge in [-0.3, -0.25) is 4.99 Å². The monoisotopic (exact) mass is 147 g/mol. The van der Waals surface area contributed by atoms with Gasteiger partial charge in [-0.25, -0.2) is 4.98 Å². The largest absolute Gasteiger partial charge is 0.328 e. The summed E-state index contributed by atoms with van der Waals surface area (Å²) in [5.41, 5.74) is 1.23. The molecular formula is C8H9N3. The van der Waals surface area contributed by atoms with Crippen LogP contribution in [0.15, 0.2) is 23.3 Å². The summed E-state index contributed by atoms with van der Waals surface area (Å²) in [6, 6.07) is 4.01. The lowest BCUT2D eigenvalue weighted by Gasteiger charge is -1.94. The van der Waals surface area contributed by atoms with Crippen molar-refractivity contribution in [1.82, 2.24) is 4.98 Å². The van der Waals surface area contributed by atoms with Crippen molar-refractivity contribution in [2.45, 2.75) is 6.42 Å². The first-order valence-electron chi connectivity index (χ1n) is 3.57. The second-order valence-corrected chi connectivity index (χ2v) is 2.48. The van der Waals surface area contributed by atoms with Gasteiger partial charge in [-0.15, -0.1) is 0 Å². The molecule has 3 heteroatoms. The summed E-state index contributed by atoms with van der Waals surface area (Å²) >= 11 is 0. The number of pyridine rings is 1. The van der Waals surface area contributed by atoms with Crippen LogP contribution >= 0.6 is 0 Å². The molecule has 1 N–H and O–H groups in total. The molecule has 2 rings (SSSR count). The minimum atomic E-state index is 0.889. The van der Waals surface area contributed by atoms with Crippen LogP contribution in [0.5, 0.6) is 0 Å². The summed E-state index contributed by atoms with van der Waals surface area (Å²) in [6.45, 7) is 0. The van der Waals surface area contributed by atoms with Crippen LogP contribution in [0.2, 0.25) is 0 Å². The molecule has 1 aromatic heterocycles. The Labute approximate surface area is 65.2 Å². The summed E-state index contributed by atoms with van der Waals surface area (Å²) in [5.74, 6) is 1.95. The Morgan fingerprint density at radius 2 is 2.55 bits per heavy atom. The fourth-order valence-electron chi connectivity index (χ4n) is 1.19. The molecule has 0 fully saturated rings. The number of anilines is 1. The standard InChI is InChI=1S/C8H9N3/c1-9-7-5-6-3-2-4-10-8(6)11-7/h2-4H,5H2,1H3,(H,9,10,11). The van der Waals surface area contributed by atoms with Crippen LogP contribution in [0.4, 0.5) is 5.82 Å². The minimum absolute atomic E-state index is 0.889. The highest BCUT2D eigenvalue weighted by molar-refractivity contribution is 6.01. The van der Waals surface area contributed by atoms with E-state index in [1.165, 1.54) is 5.56 Å². The Balaban J connectivity index is 2.41. The third-order valence-electron chi connectivity index (χ3n) is 1.78. The predicted octanol–water partition coefficient (Wildman–Crippen LogP) is 1.08. The highest BCUT2D eigenvalue weighted by atomic mass is 15.1. The summed E-state index contributed by atoms with van der Waals surface area (Å²) in [4.78, 5) is 8.23. The van der Waals surface area contributed by atoms with Gasteiger partial charge in [0.05, 0.1) is 0 Å². The highest BCUT2D eigenvalue weighted by Crippen LogP contribution is 2.18. The molecule has 3 nitrogen and oxygen atoms in total. The first kappa shape index (κ1) is 6.34. The molecule has 11 heavy (non-hydrogen) atoms. The van der Waals surface area contributed by atoms with E-state index in [4.69, 9.17) is 0 Å². The maximum Gasteiger partial charge on any atom is 0.134 e. The first-order chi connectivity index (χ1) is 5.40. The van der Waals surface area contributed by atoms with Crippen molar-refractivity contribution >= 4 is 11.7 Å². The van der Waals surface area contributed by atoms with Crippen LogP contribution in [-0.4, -0.2) is 17.9 Å². The van der Waals surface area contributed by atoms with Gasteiger partial charge < -0.3 is 5.32 Å². The number of nitrogens with zero attached hydrogens (tertiary/aromatic N) is 2. The van der Waals surface area contributed by atoms with Gasteiger partial charge in [0.1, 0.15) is 11.7 Å². The minimum Gasteiger partial charge on any atom is -0.328 e. The van der Waals surface area contributed by atoms with Gasteiger partial charge in [0.2, 0.25) is 0 Å². The number of nitrogens with one attached hydrogen (secondary N) is 1. The Morgan fingerprint density at radius 1 is 1.64 bits per heavy atom. The van der Waals surface area contributed by atoms with Crippen molar-refractivity contribution in [1.29, 1.82) is 0 Å². The third-order valence-corrected chi connectivity index (χ3v) is 1.78. The maximum absolute atomic E-state index is 4.17. The molecule has 0 spiro atoms. The van der Waals surface area contributed by atoms with Crippen molar-refractivity contribution in [3.05, 3.63) is 23.9 Å². The van der Waals surface area contributed by atoms with E-state index in [9.17, 15) is 0 Å². The van der Waals surface area contributed by atoms with Gasteiger partial charge in [0.25, 0.3) is 0 Å². The topological polar surface area (TPSA) is 37.3 Å². The number of rotatable bonds is 0. The van der Waals surface area contributed by atoms with Crippen molar-refractivity contribution < 1.29 is 0 Å². The van der Waals surface area contributed by atoms with Crippen LogP contribution < -0.4 is 5.32 Å². The number of hydrogen-bond acceptors (Lipinski definition) is 2. The summed E-state index contributed by atoms with van der Waals surface area (Å²) in [5, 5.41) is 3.12. The molecule has 2 heterocycles. The molecule has 1 aliphatic rings. The Hall–Kier alpha value is -1.38. The normalized spacial score (nSPS) is 18.1. The van der Waals surface area contributed by atoms with Crippen molar-refractivity contribution in [3.8, 4) is 0 Å². The van der Waals surface area contributed by atoms with Gasteiger partial charge in [0, 0.05) is 25.2 Å². The number of amidine groups is 1.